The molecule has 0 saturated carbocycles. The maximum atomic E-state index is 12.8. The van der Waals surface area contributed by atoms with Gasteiger partial charge in [-0.05, 0) is 89.9 Å². The highest BCUT2D eigenvalue weighted by Gasteiger charge is 2.19. The van der Waals surface area contributed by atoms with Crippen molar-refractivity contribution in [1.29, 1.82) is 0 Å². The monoisotopic (exact) mass is 887 g/mol. The summed E-state index contributed by atoms with van der Waals surface area (Å²) in [7, 11) is 0. The second kappa shape index (κ2) is 51.7. The van der Waals surface area contributed by atoms with Gasteiger partial charge >= 0.3 is 17.9 Å². The summed E-state index contributed by atoms with van der Waals surface area (Å²) in [6, 6.07) is 0. The molecule has 0 amide bonds. The third-order valence-electron chi connectivity index (χ3n) is 10.7. The van der Waals surface area contributed by atoms with E-state index in [0.29, 0.717) is 19.3 Å². The summed E-state index contributed by atoms with van der Waals surface area (Å²) in [6.45, 7) is 6.38. The molecule has 0 aromatic carbocycles. The summed E-state index contributed by atoms with van der Waals surface area (Å²) < 4.78 is 16.8. The van der Waals surface area contributed by atoms with E-state index in [1.165, 1.54) is 57.8 Å². The predicted molar refractivity (Wildman–Crippen MR) is 274 cm³/mol. The fourth-order valence-electron chi connectivity index (χ4n) is 6.74. The average molecular weight is 887 g/mol. The molecule has 0 aliphatic rings. The van der Waals surface area contributed by atoms with Crippen molar-refractivity contribution in [2.24, 2.45) is 0 Å². The van der Waals surface area contributed by atoms with Crippen LogP contribution in [0.5, 0.6) is 0 Å². The van der Waals surface area contributed by atoms with E-state index in [4.69, 9.17) is 14.2 Å². The van der Waals surface area contributed by atoms with Crippen LogP contribution in [0.2, 0.25) is 0 Å². The lowest BCUT2D eigenvalue weighted by molar-refractivity contribution is -0.167. The number of allylic oxidation sites excluding steroid dienone is 18. The Morgan fingerprint density at radius 2 is 0.609 bits per heavy atom. The van der Waals surface area contributed by atoms with Crippen molar-refractivity contribution in [2.45, 2.75) is 226 Å². The van der Waals surface area contributed by atoms with Crippen LogP contribution in [0.1, 0.15) is 220 Å². The van der Waals surface area contributed by atoms with Crippen molar-refractivity contribution >= 4 is 17.9 Å². The number of hydrogen-bond donors (Lipinski definition) is 0. The van der Waals surface area contributed by atoms with Crippen LogP contribution in [0.25, 0.3) is 0 Å². The summed E-state index contributed by atoms with van der Waals surface area (Å²) in [4.78, 5) is 38.0. The Bertz CT molecular complexity index is 1340. The minimum Gasteiger partial charge on any atom is -0.462 e. The number of ether oxygens (including phenoxy) is 3. The second-order valence-corrected chi connectivity index (χ2v) is 16.9. The van der Waals surface area contributed by atoms with Gasteiger partial charge < -0.3 is 14.2 Å². The third kappa shape index (κ3) is 49.1. The van der Waals surface area contributed by atoms with Crippen molar-refractivity contribution in [3.8, 4) is 0 Å². The van der Waals surface area contributed by atoms with E-state index >= 15 is 0 Å². The summed E-state index contributed by atoms with van der Waals surface area (Å²) in [5.41, 5.74) is 0. The lowest BCUT2D eigenvalue weighted by atomic mass is 10.1. The molecule has 1 unspecified atom stereocenters. The van der Waals surface area contributed by atoms with Crippen molar-refractivity contribution in [1.82, 2.24) is 0 Å². The molecule has 0 fully saturated rings. The van der Waals surface area contributed by atoms with E-state index in [1.54, 1.807) is 0 Å². The topological polar surface area (TPSA) is 78.9 Å². The van der Waals surface area contributed by atoms with Crippen LogP contribution in [0.15, 0.2) is 109 Å². The van der Waals surface area contributed by atoms with Gasteiger partial charge in [0.25, 0.3) is 0 Å². The van der Waals surface area contributed by atoms with Crippen molar-refractivity contribution in [3.63, 3.8) is 0 Å². The zero-order valence-corrected chi connectivity index (χ0v) is 41.3. The van der Waals surface area contributed by atoms with Crippen LogP contribution in [0, 0.1) is 0 Å². The molecule has 0 spiro atoms. The molecular formula is C58H94O6. The fourth-order valence-corrected chi connectivity index (χ4v) is 6.74. The molecule has 64 heavy (non-hydrogen) atoms. The standard InChI is InChI=1S/C58H94O6/c1-4-7-10-13-16-19-22-25-27-28-29-31-33-36-39-42-45-48-51-57(60)63-54-55(53-62-56(59)50-47-44-41-38-35-32-24-21-18-15-12-9-6-3)64-58(61)52-49-46-43-40-37-34-30-26-23-20-17-14-11-8-5-2/h9,12,15-29,31,55H,4-8,10-11,13-14,30,32-54H2,1-3H3/b12-9-,18-15-,19-16-,20-17-,24-21-,25-22-,26-23-,28-27-,31-29-. The van der Waals surface area contributed by atoms with Crippen molar-refractivity contribution in [2.75, 3.05) is 13.2 Å². The highest BCUT2D eigenvalue weighted by molar-refractivity contribution is 5.71. The summed E-state index contributed by atoms with van der Waals surface area (Å²) in [5, 5.41) is 0. The smallest absolute Gasteiger partial charge is 0.306 e. The molecule has 362 valence electrons. The zero-order chi connectivity index (χ0) is 46.5. The van der Waals surface area contributed by atoms with Crippen LogP contribution in [0.3, 0.4) is 0 Å². The van der Waals surface area contributed by atoms with Gasteiger partial charge in [-0.15, -0.1) is 0 Å². The number of carbonyl (C=O) groups excluding carboxylic acids is 3. The maximum absolute atomic E-state index is 12.8. The Balaban J connectivity index is 4.50. The van der Waals surface area contributed by atoms with E-state index in [1.807, 2.05) is 0 Å². The minimum absolute atomic E-state index is 0.104. The Morgan fingerprint density at radius 1 is 0.328 bits per heavy atom. The quantitative estimate of drug-likeness (QED) is 0.0262. The molecule has 0 rings (SSSR count). The molecule has 0 heterocycles. The van der Waals surface area contributed by atoms with Gasteiger partial charge in [0.05, 0.1) is 0 Å². The molecule has 0 aromatic heterocycles. The predicted octanol–water partition coefficient (Wildman–Crippen LogP) is 17.1. The van der Waals surface area contributed by atoms with E-state index in [-0.39, 0.29) is 31.1 Å². The summed E-state index contributed by atoms with van der Waals surface area (Å²) >= 11 is 0. The Kier molecular flexibility index (Phi) is 48.5. The molecule has 0 bridgehead atoms. The second-order valence-electron chi connectivity index (χ2n) is 16.9. The first-order valence-electron chi connectivity index (χ1n) is 26.0. The number of rotatable bonds is 45. The van der Waals surface area contributed by atoms with Gasteiger partial charge in [0.1, 0.15) is 13.2 Å². The lowest BCUT2D eigenvalue weighted by Crippen LogP contribution is -2.30. The van der Waals surface area contributed by atoms with E-state index < -0.39 is 6.10 Å². The molecule has 0 aliphatic heterocycles. The van der Waals surface area contributed by atoms with Gasteiger partial charge in [-0.1, -0.05) is 220 Å². The van der Waals surface area contributed by atoms with Gasteiger partial charge in [-0.3, -0.25) is 14.4 Å². The van der Waals surface area contributed by atoms with Crippen molar-refractivity contribution in [3.05, 3.63) is 109 Å². The van der Waals surface area contributed by atoms with Crippen LogP contribution in [0.4, 0.5) is 0 Å². The molecule has 0 radical (unpaired) electrons. The molecule has 0 aromatic rings. The SMILES string of the molecule is CC\C=C/C=C\C=C/CCCCCCCC(=O)OCC(COC(=O)CCCCCCC\C=C/C=C\C=C/C=C\CCCCC)OC(=O)CCCCCCCC/C=C\C=C/CCCCC. The number of esters is 3. The number of hydrogen-bond acceptors (Lipinski definition) is 6. The third-order valence-corrected chi connectivity index (χ3v) is 10.7. The van der Waals surface area contributed by atoms with Gasteiger partial charge in [0.2, 0.25) is 0 Å². The van der Waals surface area contributed by atoms with Gasteiger partial charge in [0, 0.05) is 19.3 Å². The minimum atomic E-state index is -0.804. The van der Waals surface area contributed by atoms with Crippen LogP contribution in [-0.4, -0.2) is 37.2 Å². The molecule has 6 heteroatoms. The van der Waals surface area contributed by atoms with Crippen LogP contribution in [-0.2, 0) is 28.6 Å². The van der Waals surface area contributed by atoms with Crippen LogP contribution >= 0.6 is 0 Å². The largest absolute Gasteiger partial charge is 0.462 e. The molecule has 1 atom stereocenters. The Morgan fingerprint density at radius 3 is 0.969 bits per heavy atom. The molecule has 0 saturated heterocycles. The molecule has 0 aliphatic carbocycles. The summed E-state index contributed by atoms with van der Waals surface area (Å²) in [5.74, 6) is -0.962. The number of unbranched alkanes of at least 4 members (excludes halogenated alkanes) is 22. The molecule has 6 nitrogen and oxygen atoms in total. The Hall–Kier alpha value is -3.93. The first-order chi connectivity index (χ1) is 31.5. The van der Waals surface area contributed by atoms with Gasteiger partial charge in [-0.25, -0.2) is 0 Å². The molecular weight excluding hydrogens is 793 g/mol. The highest BCUT2D eigenvalue weighted by Crippen LogP contribution is 2.13. The average Bonchev–Trinajstić information content (AvgIpc) is 3.29. The molecule has 0 N–H and O–H groups in total. The Labute approximate surface area is 393 Å². The van der Waals surface area contributed by atoms with Crippen LogP contribution < -0.4 is 0 Å². The van der Waals surface area contributed by atoms with Crippen molar-refractivity contribution < 1.29 is 28.6 Å². The first kappa shape index (κ1) is 60.1. The van der Waals surface area contributed by atoms with Gasteiger partial charge in [-0.2, -0.15) is 0 Å². The summed E-state index contributed by atoms with van der Waals surface area (Å²) in [6.07, 6.45) is 69.2. The first-order valence-corrected chi connectivity index (χ1v) is 26.0. The van der Waals surface area contributed by atoms with Gasteiger partial charge in [0.15, 0.2) is 6.10 Å². The van der Waals surface area contributed by atoms with E-state index in [0.717, 1.165) is 122 Å². The maximum Gasteiger partial charge on any atom is 0.306 e. The lowest BCUT2D eigenvalue weighted by Gasteiger charge is -2.18. The fraction of sp³-hybridized carbons (Fsp3) is 0.638. The number of carbonyl (C=O) groups is 3. The highest BCUT2D eigenvalue weighted by atomic mass is 16.6. The zero-order valence-electron chi connectivity index (χ0n) is 41.3. The van der Waals surface area contributed by atoms with E-state index in [9.17, 15) is 14.4 Å². The van der Waals surface area contributed by atoms with E-state index in [2.05, 4.69) is 130 Å². The normalized spacial score (nSPS) is 13.0.